The summed E-state index contributed by atoms with van der Waals surface area (Å²) in [6.07, 6.45) is 0. The Morgan fingerprint density at radius 3 is 1.33 bits per heavy atom. The second kappa shape index (κ2) is 14.6. The molecule has 0 rings (SSSR count). The van der Waals surface area contributed by atoms with Gasteiger partial charge in [0.15, 0.2) is 0 Å². The summed E-state index contributed by atoms with van der Waals surface area (Å²) in [5, 5.41) is 10.3. The van der Waals surface area contributed by atoms with E-state index < -0.39 is 27.7 Å². The van der Waals surface area contributed by atoms with Crippen molar-refractivity contribution in [1.29, 1.82) is 0 Å². The van der Waals surface area contributed by atoms with Crippen LogP contribution in [0, 0.1) is 11.8 Å². The molecule has 0 amide bonds. The summed E-state index contributed by atoms with van der Waals surface area (Å²) in [7, 11) is 0. The van der Waals surface area contributed by atoms with Crippen LogP contribution in [0.5, 0.6) is 0 Å². The number of nitrogens with zero attached hydrogens (tertiary/aromatic N) is 1. The molecular formula is C15H38As2NO5S+. The fourth-order valence-corrected chi connectivity index (χ4v) is 1.92. The van der Waals surface area contributed by atoms with Gasteiger partial charge >= 0.3 is 71.4 Å². The van der Waals surface area contributed by atoms with E-state index in [0.29, 0.717) is 17.1 Å². The Kier molecular flexibility index (Phi) is 17.8. The van der Waals surface area contributed by atoms with E-state index in [1.807, 2.05) is 0 Å². The van der Waals surface area contributed by atoms with E-state index in [9.17, 15) is 12.6 Å². The van der Waals surface area contributed by atoms with Crippen molar-refractivity contribution in [3.63, 3.8) is 0 Å². The summed E-state index contributed by atoms with van der Waals surface area (Å²) >= 11 is -4.73. The molecule has 0 aromatic carbocycles. The molecule has 0 saturated heterocycles. The van der Waals surface area contributed by atoms with Crippen molar-refractivity contribution >= 4 is 44.7 Å². The number of thioether (sulfide) groups is 1. The zero-order chi connectivity index (χ0) is 20.1. The van der Waals surface area contributed by atoms with Gasteiger partial charge in [0.05, 0.1) is 0 Å². The van der Waals surface area contributed by atoms with Crippen molar-refractivity contribution in [2.75, 3.05) is 18.8 Å². The van der Waals surface area contributed by atoms with Crippen molar-refractivity contribution in [3.8, 4) is 0 Å². The van der Waals surface area contributed by atoms with Crippen LogP contribution in [0.1, 0.15) is 34.6 Å². The molecule has 0 aromatic rings. The summed E-state index contributed by atoms with van der Waals surface area (Å²) < 4.78 is 38.0. The number of aliphatic hydroxyl groups excluding tert-OH is 1. The predicted molar refractivity (Wildman–Crippen MR) is 106 cm³/mol. The molecule has 0 spiro atoms. The van der Waals surface area contributed by atoms with Crippen LogP contribution in [0.15, 0.2) is 0 Å². The third-order valence-corrected chi connectivity index (χ3v) is 2.52. The van der Waals surface area contributed by atoms with E-state index in [-0.39, 0.29) is 0 Å². The zero-order valence-electron chi connectivity index (χ0n) is 16.7. The molecule has 0 aliphatic carbocycles. The van der Waals surface area contributed by atoms with Crippen LogP contribution < -0.4 is 0 Å². The van der Waals surface area contributed by atoms with Crippen molar-refractivity contribution in [2.24, 2.45) is 11.8 Å². The van der Waals surface area contributed by atoms with Gasteiger partial charge in [-0.05, 0) is 11.8 Å². The van der Waals surface area contributed by atoms with Crippen LogP contribution >= 0.6 is 11.8 Å². The fraction of sp³-hybridized carbons (Fsp3) is 0.933. The van der Waals surface area contributed by atoms with E-state index in [2.05, 4.69) is 39.2 Å². The van der Waals surface area contributed by atoms with Gasteiger partial charge in [-0.15, -0.1) is 0 Å². The normalized spacial score (nSPS) is 11.4. The van der Waals surface area contributed by atoms with Crippen molar-refractivity contribution in [3.05, 3.63) is 0 Å². The fourth-order valence-electron chi connectivity index (χ4n) is 1.33. The van der Waals surface area contributed by atoms with Gasteiger partial charge in [0, 0.05) is 17.6 Å². The van der Waals surface area contributed by atoms with Gasteiger partial charge in [0.1, 0.15) is 13.1 Å². The van der Waals surface area contributed by atoms with Gasteiger partial charge in [-0.1, -0.05) is 34.6 Å². The quantitative estimate of drug-likeness (QED) is 0.235. The summed E-state index contributed by atoms with van der Waals surface area (Å²) in [5.74, 6) is 2.11. The molecule has 148 valence electrons. The van der Waals surface area contributed by atoms with Crippen molar-refractivity contribution < 1.29 is 25.4 Å². The molecule has 9 heteroatoms. The Morgan fingerprint density at radius 2 is 1.17 bits per heavy atom. The van der Waals surface area contributed by atoms with Crippen LogP contribution in [-0.4, -0.2) is 69.6 Å². The van der Waals surface area contributed by atoms with Crippen LogP contribution in [0.2, 0.25) is 22.8 Å². The Bertz CT molecular complexity index is 393. The standard InChI is InChI=1S/C11H23NOS.2C2H7AsO2/c1-6-14-11(13)12(7-9(2)3)8-10(4)5;2*1-3(2,4)5/h9-10H,6-8H2,1-5H3;2*1-2H3,(H,4,5)/p+1. The van der Waals surface area contributed by atoms with E-state index >= 15 is 0 Å². The number of rotatable bonds is 5. The maximum absolute atomic E-state index is 9.83. The zero-order valence-corrected chi connectivity index (χ0v) is 21.3. The van der Waals surface area contributed by atoms with Gasteiger partial charge in [-0.2, -0.15) is 4.58 Å². The molecule has 0 unspecified atom stereocenters. The molecule has 0 bridgehead atoms. The summed E-state index contributed by atoms with van der Waals surface area (Å²) in [6, 6.07) is 0. The van der Waals surface area contributed by atoms with Crippen molar-refractivity contribution in [2.45, 2.75) is 57.5 Å². The third-order valence-electron chi connectivity index (χ3n) is 1.72. The first-order chi connectivity index (χ1) is 10.5. The topological polar surface area (TPSA) is 97.8 Å². The van der Waals surface area contributed by atoms with E-state index in [1.54, 1.807) is 0 Å². The Hall–Kier alpha value is 0.457. The molecule has 0 atom stereocenters. The molecule has 0 radical (unpaired) electrons. The molecule has 0 fully saturated rings. The molecule has 24 heavy (non-hydrogen) atoms. The van der Waals surface area contributed by atoms with Gasteiger partial charge in [0.25, 0.3) is 0 Å². The second-order valence-corrected chi connectivity index (χ2v) is 19.1. The molecule has 3 N–H and O–H groups in total. The van der Waals surface area contributed by atoms with Crippen molar-refractivity contribution in [1.82, 2.24) is 0 Å². The molecule has 6 nitrogen and oxygen atoms in total. The average molecular weight is 494 g/mol. The molecule has 0 aliphatic heterocycles. The minimum atomic E-state index is -3.12. The number of hydrogen-bond acceptors (Lipinski definition) is 3. The maximum atomic E-state index is 9.83. The molecule has 0 saturated carbocycles. The average Bonchev–Trinajstić information content (AvgIpc) is 2.22. The van der Waals surface area contributed by atoms with Gasteiger partial charge in [-0.3, -0.25) is 0 Å². The van der Waals surface area contributed by atoms with Gasteiger partial charge < -0.3 is 5.11 Å². The van der Waals surface area contributed by atoms with Crippen LogP contribution in [0.3, 0.4) is 0 Å². The first-order valence-electron chi connectivity index (χ1n) is 7.96. The Morgan fingerprint density at radius 1 is 0.917 bits per heavy atom. The monoisotopic (exact) mass is 494 g/mol. The molecule has 0 aliphatic rings. The predicted octanol–water partition coefficient (Wildman–Crippen LogP) is 3.20. The Balaban J connectivity index is -0.000000361. The SMILES string of the molecule is CCSC(O)=[N+](CC(C)C)CC(C)C.C[As](C)(=O)O.C[As](C)(=O)O. The van der Waals surface area contributed by atoms with E-state index in [0.717, 1.165) is 18.8 Å². The summed E-state index contributed by atoms with van der Waals surface area (Å²) in [5.41, 5.74) is 5.44. The van der Waals surface area contributed by atoms with Crippen LogP contribution in [0.4, 0.5) is 0 Å². The van der Waals surface area contributed by atoms with Crippen LogP contribution in [0.25, 0.3) is 0 Å². The molecular weight excluding hydrogens is 456 g/mol. The third kappa shape index (κ3) is 43.3. The summed E-state index contributed by atoms with van der Waals surface area (Å²) in [6.45, 7) is 12.7. The van der Waals surface area contributed by atoms with E-state index in [1.165, 1.54) is 34.6 Å². The molecule has 0 aromatic heterocycles. The second-order valence-electron chi connectivity index (χ2n) is 7.00. The first-order valence-corrected chi connectivity index (χ1v) is 19.7. The first kappa shape index (κ1) is 29.2. The Labute approximate surface area is 157 Å². The molecule has 0 heterocycles. The number of aliphatic hydroxyl groups is 1. The van der Waals surface area contributed by atoms with Gasteiger partial charge in [0.2, 0.25) is 0 Å². The van der Waals surface area contributed by atoms with E-state index in [4.69, 9.17) is 8.19 Å². The summed E-state index contributed by atoms with van der Waals surface area (Å²) in [4.78, 5) is 0. The number of hydrogen-bond donors (Lipinski definition) is 3. The minimum absolute atomic E-state index is 0.481. The van der Waals surface area contributed by atoms with Gasteiger partial charge in [-0.25, -0.2) is 0 Å². The van der Waals surface area contributed by atoms with Crippen LogP contribution in [-0.2, 0) is 7.48 Å².